The summed E-state index contributed by atoms with van der Waals surface area (Å²) in [6, 6.07) is 1.42. The van der Waals surface area contributed by atoms with Crippen LogP contribution in [0.2, 0.25) is 0 Å². The van der Waals surface area contributed by atoms with E-state index in [1.807, 2.05) is 19.9 Å². The molecular formula is C81H154N2O41P6. The lowest BCUT2D eigenvalue weighted by Gasteiger charge is -2.44. The molecule has 49 heteroatoms. The van der Waals surface area contributed by atoms with Crippen LogP contribution in [0.5, 0.6) is 0 Å². The van der Waals surface area contributed by atoms with E-state index in [2.05, 4.69) is 46.9 Å². The number of nitriles is 1. The minimum atomic E-state index is -5.02. The highest BCUT2D eigenvalue weighted by molar-refractivity contribution is 7.52. The van der Waals surface area contributed by atoms with E-state index in [0.29, 0.717) is 90.3 Å². The quantitative estimate of drug-likeness (QED) is 0.0142. The van der Waals surface area contributed by atoms with Gasteiger partial charge >= 0.3 is 64.6 Å². The van der Waals surface area contributed by atoms with Crippen molar-refractivity contribution in [2.24, 2.45) is 58.7 Å². The zero-order chi connectivity index (χ0) is 96.7. The fraction of sp³-hybridized carbons (Fsp3) is 0.938. The summed E-state index contributed by atoms with van der Waals surface area (Å²) in [5.41, 5.74) is -1.58. The molecule has 0 spiro atoms. The Morgan fingerprint density at radius 2 is 0.700 bits per heavy atom. The highest BCUT2D eigenvalue weighted by atomic mass is 31.2. The summed E-state index contributed by atoms with van der Waals surface area (Å²) in [4.78, 5) is 99.4. The Morgan fingerprint density at radius 1 is 0.362 bits per heavy atom. The Labute approximate surface area is 768 Å². The number of phosphoric ester groups is 5. The maximum absolute atomic E-state index is 13.9. The number of carbonyl (C=O) groups excluding carboxylic acids is 4. The van der Waals surface area contributed by atoms with Crippen LogP contribution in [-0.4, -0.2) is 283 Å². The van der Waals surface area contributed by atoms with Crippen molar-refractivity contribution in [2.45, 2.75) is 242 Å². The van der Waals surface area contributed by atoms with Gasteiger partial charge in [0.1, 0.15) is 19.8 Å². The average Bonchev–Trinajstić information content (AvgIpc) is 0.814. The van der Waals surface area contributed by atoms with Crippen molar-refractivity contribution in [3.63, 3.8) is 0 Å². The number of unbranched alkanes of at least 4 members (excludes halogenated alkanes) is 9. The fourth-order valence-corrected chi connectivity index (χ4v) is 18.5. The number of nitrogens with one attached hydrogen (secondary N) is 1. The van der Waals surface area contributed by atoms with Gasteiger partial charge in [-0.25, -0.2) is 22.8 Å². The van der Waals surface area contributed by atoms with Crippen LogP contribution in [-0.2, 0) is 167 Å². The molecule has 23 atom stereocenters. The number of phosphoric acid groups is 5. The van der Waals surface area contributed by atoms with Crippen LogP contribution in [0.3, 0.4) is 0 Å². The molecule has 3 rings (SSSR count). The summed E-state index contributed by atoms with van der Waals surface area (Å²) in [5.74, 6) is -1.30. The molecule has 130 heavy (non-hydrogen) atoms. The van der Waals surface area contributed by atoms with E-state index in [9.17, 15) is 71.0 Å². The van der Waals surface area contributed by atoms with Gasteiger partial charge in [-0.2, -0.15) is 5.26 Å². The highest BCUT2D eigenvalue weighted by Gasteiger charge is 2.45. The maximum Gasteiger partial charge on any atom is 0.474 e. The predicted octanol–water partition coefficient (Wildman–Crippen LogP) is 12.9. The molecule has 3 saturated heterocycles. The smallest absolute Gasteiger partial charge is 0.463 e. The molecule has 14 unspecified atom stereocenters. The van der Waals surface area contributed by atoms with Crippen molar-refractivity contribution < 1.29 is 192 Å². The molecule has 0 saturated carbocycles. The number of esters is 3. The summed E-state index contributed by atoms with van der Waals surface area (Å²) in [7, 11) is -26.7. The summed E-state index contributed by atoms with van der Waals surface area (Å²) < 4.78 is 224. The standard InChI is InChI=1S/C81H154N2O41P6/c1-15-110-130(98,119-44-28-33-82)120-53-73(51-99-34-29-45-111-125(14,88)89)52-100-35-30-46-117-129(96,97)121-60-81(59-103-49-50-118-128(94,95)114-43-27-20-17-23-39-105-79-68(9)62(3)64(5)75(123-79)55-108-71(12)86,57-101-36-31-47-115-126(90,91)112-41-25-19-16-22-38-104-78-67(8)61(2)63(4)74(122-78)54-107-70(11)85)58-102-37-32-48-116-127(92,93)113-42-26-21-18-24-40-106-80-77(83-69(10)84)66(7)65(6)76(124-80)56-109-72(13)87/h61-68,73-80H,15-32,34-60H2,1-14H3,(H,83,84)(H,88,89)(H,90,91)(H,92,93)(H,94,95)(H,96,97)/t61-,62-,63+,64+,65+,66-,67-,68?,73?,74?,75?,76?,77?,78?,79+,80+,81?,130?/m0/s1. The average molecular weight is 2000 g/mol. The van der Waals surface area contributed by atoms with Gasteiger partial charge in [0.2, 0.25) is 5.91 Å². The first kappa shape index (κ1) is 122. The van der Waals surface area contributed by atoms with E-state index < -0.39 is 147 Å². The zero-order valence-electron chi connectivity index (χ0n) is 78.6. The summed E-state index contributed by atoms with van der Waals surface area (Å²) in [6.07, 6.45) is 4.25. The third-order valence-corrected chi connectivity index (χ3v) is 28.2. The van der Waals surface area contributed by atoms with Crippen molar-refractivity contribution in [3.8, 4) is 6.07 Å². The Hall–Kier alpha value is -2.37. The molecule has 3 heterocycles. The lowest BCUT2D eigenvalue weighted by Crippen LogP contribution is -2.58. The van der Waals surface area contributed by atoms with Gasteiger partial charge < -0.3 is 101 Å². The number of rotatable bonds is 79. The molecule has 43 nitrogen and oxygen atoms in total. The third-order valence-electron chi connectivity index (χ3n) is 22.0. The van der Waals surface area contributed by atoms with Crippen LogP contribution in [0, 0.1) is 70.0 Å². The zero-order valence-corrected chi connectivity index (χ0v) is 84.0. The number of nitrogens with zero attached hydrogens (tertiary/aromatic N) is 1. The largest absolute Gasteiger partial charge is 0.474 e. The van der Waals surface area contributed by atoms with Crippen LogP contribution in [0.25, 0.3) is 0 Å². The molecule has 1 amide bonds. The van der Waals surface area contributed by atoms with Crippen LogP contribution in [0.15, 0.2) is 0 Å². The molecule has 0 radical (unpaired) electrons. The predicted molar refractivity (Wildman–Crippen MR) is 469 cm³/mol. The minimum Gasteiger partial charge on any atom is -0.463 e. The maximum atomic E-state index is 13.9. The Kier molecular flexibility index (Phi) is 62.8. The first-order valence-electron chi connectivity index (χ1n) is 45.2. The van der Waals surface area contributed by atoms with Gasteiger partial charge in [-0.1, -0.05) is 93.9 Å². The lowest BCUT2D eigenvalue weighted by atomic mass is 9.79. The molecule has 3 aliphatic heterocycles. The molecule has 3 aliphatic rings. The van der Waals surface area contributed by atoms with E-state index in [-0.39, 0.29) is 230 Å². The first-order chi connectivity index (χ1) is 61.5. The van der Waals surface area contributed by atoms with Crippen LogP contribution in [0.4, 0.5) is 0 Å². The second kappa shape index (κ2) is 67.1. The number of hydrogen-bond donors (Lipinski definition) is 6. The van der Waals surface area contributed by atoms with E-state index >= 15 is 0 Å². The van der Waals surface area contributed by atoms with Crippen LogP contribution >= 0.6 is 46.7 Å². The van der Waals surface area contributed by atoms with Gasteiger partial charge in [-0.15, -0.1) is 0 Å². The van der Waals surface area contributed by atoms with Gasteiger partial charge in [-0.3, -0.25) is 73.5 Å². The van der Waals surface area contributed by atoms with Crippen LogP contribution < -0.4 is 5.32 Å². The second-order valence-electron chi connectivity index (χ2n) is 33.1. The monoisotopic (exact) mass is 2000 g/mol. The van der Waals surface area contributed by atoms with E-state index in [0.717, 1.165) is 6.66 Å². The summed E-state index contributed by atoms with van der Waals surface area (Å²) in [5, 5.41) is 11.9. The number of carbonyl (C=O) groups is 4. The molecule has 764 valence electrons. The van der Waals surface area contributed by atoms with E-state index in [1.165, 1.54) is 27.7 Å². The number of hydrogen-bond acceptors (Lipinski definition) is 37. The van der Waals surface area contributed by atoms with Crippen molar-refractivity contribution >= 4 is 70.5 Å². The SMILES string of the molecule is CCOP(=O)(OCCC#N)OCC(COCCCOP(C)(=O)O)COCCCOP(=O)(O)OCC(COCCCOP(=O)(O)OCCCCCCOC1OC(COC(C)=O)[C@H](C)[C@H](C)[C@@H]1C)(COCCCOP(=O)(O)OCCCCCCO[C@@H]1OC(COC(C)=O)[C@H](C)[C@H](C)C1NC(C)=O)COCCOP(=O)(O)OCCCCCCO[C@@H]1OC(COC(C)=O)[C@H](C)[C@H](C)C1C. The van der Waals surface area contributed by atoms with Crippen LogP contribution in [0.1, 0.15) is 199 Å². The number of ether oxygens (including phenoxy) is 14. The second-order valence-corrected chi connectivity index (χ2v) is 42.4. The van der Waals surface area contributed by atoms with Crippen molar-refractivity contribution in [2.75, 3.05) is 192 Å². The van der Waals surface area contributed by atoms with Gasteiger partial charge in [0.05, 0.1) is 161 Å². The molecule has 6 N–H and O–H groups in total. The molecular weight excluding hydrogens is 1840 g/mol. The van der Waals surface area contributed by atoms with Crippen molar-refractivity contribution in [3.05, 3.63) is 0 Å². The first-order valence-corrected chi connectivity index (χ1v) is 54.6. The third kappa shape index (κ3) is 55.4. The van der Waals surface area contributed by atoms with Gasteiger partial charge in [-0.05, 0) is 107 Å². The highest BCUT2D eigenvalue weighted by Crippen LogP contribution is 2.51. The Bertz CT molecular complexity index is 3440. The summed E-state index contributed by atoms with van der Waals surface area (Å²) in [6.45, 7) is 20.3. The topological polar surface area (TPSA) is 548 Å². The minimum absolute atomic E-state index is 0.00129. The van der Waals surface area contributed by atoms with Gasteiger partial charge in [0.15, 0.2) is 18.9 Å². The van der Waals surface area contributed by atoms with Crippen molar-refractivity contribution in [1.29, 1.82) is 5.26 Å². The Morgan fingerprint density at radius 3 is 1.08 bits per heavy atom. The normalized spacial score (nSPS) is 26.0. The fourth-order valence-electron chi connectivity index (χ4n) is 13.6. The molecule has 0 aromatic carbocycles. The van der Waals surface area contributed by atoms with E-state index in [4.69, 9.17) is 126 Å². The molecule has 3 fully saturated rings. The Balaban J connectivity index is 1.73. The molecule has 0 bridgehead atoms. The molecule has 0 aromatic rings. The van der Waals surface area contributed by atoms with Gasteiger partial charge in [0.25, 0.3) is 0 Å². The summed E-state index contributed by atoms with van der Waals surface area (Å²) >= 11 is 0. The van der Waals surface area contributed by atoms with E-state index in [1.54, 1.807) is 6.92 Å². The van der Waals surface area contributed by atoms with Gasteiger partial charge in [0, 0.05) is 98.4 Å². The van der Waals surface area contributed by atoms with Crippen molar-refractivity contribution in [1.82, 2.24) is 5.32 Å². The molecule has 0 aliphatic carbocycles. The lowest BCUT2D eigenvalue weighted by molar-refractivity contribution is -0.255. The number of amides is 1. The molecule has 0 aromatic heterocycles.